The van der Waals surface area contributed by atoms with E-state index in [0.29, 0.717) is 0 Å². The molecule has 2 rings (SSSR count). The van der Waals surface area contributed by atoms with Crippen molar-refractivity contribution in [3.05, 3.63) is 29.8 Å². The second-order valence-corrected chi connectivity index (χ2v) is 6.33. The molecule has 0 saturated carbocycles. The number of rotatable bonds is 5. The lowest BCUT2D eigenvalue weighted by Crippen LogP contribution is -2.44. The Morgan fingerprint density at radius 2 is 1.72 bits per heavy atom. The van der Waals surface area contributed by atoms with Crippen molar-refractivity contribution in [2.75, 3.05) is 45.5 Å². The summed E-state index contributed by atoms with van der Waals surface area (Å²) in [5.41, 5.74) is 1.34. The van der Waals surface area contributed by atoms with Crippen LogP contribution in [0.5, 0.6) is 0 Å². The Bertz CT molecular complexity index is 342. The molecule has 18 heavy (non-hydrogen) atoms. The van der Waals surface area contributed by atoms with Crippen molar-refractivity contribution in [1.82, 2.24) is 9.80 Å². The first-order valence-electron chi connectivity index (χ1n) is 6.84. The van der Waals surface area contributed by atoms with Crippen LogP contribution in [0.1, 0.15) is 12.0 Å². The summed E-state index contributed by atoms with van der Waals surface area (Å²) in [4.78, 5) is 6.41. The minimum atomic E-state index is 1.23. The van der Waals surface area contributed by atoms with E-state index in [4.69, 9.17) is 0 Å². The van der Waals surface area contributed by atoms with Crippen molar-refractivity contribution in [3.8, 4) is 0 Å². The predicted octanol–water partition coefficient (Wildman–Crippen LogP) is 2.72. The molecule has 1 saturated heterocycles. The second kappa shape index (κ2) is 7.17. The normalized spacial score (nSPS) is 18.1. The van der Waals surface area contributed by atoms with Crippen LogP contribution in [-0.4, -0.2) is 55.3 Å². The van der Waals surface area contributed by atoms with Crippen molar-refractivity contribution in [1.29, 1.82) is 0 Å². The molecule has 3 heteroatoms. The van der Waals surface area contributed by atoms with Crippen molar-refractivity contribution < 1.29 is 0 Å². The fourth-order valence-corrected chi connectivity index (χ4v) is 3.02. The van der Waals surface area contributed by atoms with Gasteiger partial charge in [-0.05, 0) is 44.8 Å². The van der Waals surface area contributed by atoms with Gasteiger partial charge in [-0.25, -0.2) is 0 Å². The van der Waals surface area contributed by atoms with Gasteiger partial charge in [-0.3, -0.25) is 0 Å². The molecule has 0 atom stereocenters. The first-order valence-corrected chi connectivity index (χ1v) is 7.83. The SMILES string of the molecule is Cc1ccc(SCCCN2CCN(C)CC2)cc1. The molecule has 0 N–H and O–H groups in total. The van der Waals surface area contributed by atoms with Crippen LogP contribution in [-0.2, 0) is 0 Å². The number of likely N-dealkylation sites (N-methyl/N-ethyl adjacent to an activating group) is 1. The Morgan fingerprint density at radius 1 is 1.06 bits per heavy atom. The topological polar surface area (TPSA) is 6.48 Å². The molecule has 0 aliphatic carbocycles. The number of thioether (sulfide) groups is 1. The Hall–Kier alpha value is -0.510. The fraction of sp³-hybridized carbons (Fsp3) is 0.600. The summed E-state index contributed by atoms with van der Waals surface area (Å²) in [6, 6.07) is 8.86. The predicted molar refractivity (Wildman–Crippen MR) is 80.5 cm³/mol. The average molecular weight is 264 g/mol. The van der Waals surface area contributed by atoms with Gasteiger partial charge in [0.15, 0.2) is 0 Å². The van der Waals surface area contributed by atoms with Crippen LogP contribution in [0, 0.1) is 6.92 Å². The van der Waals surface area contributed by atoms with E-state index in [1.807, 2.05) is 11.8 Å². The van der Waals surface area contributed by atoms with Crippen molar-refractivity contribution in [3.63, 3.8) is 0 Å². The lowest BCUT2D eigenvalue weighted by atomic mass is 10.2. The number of hydrogen-bond donors (Lipinski definition) is 0. The fourth-order valence-electron chi connectivity index (χ4n) is 2.18. The van der Waals surface area contributed by atoms with Gasteiger partial charge in [0.25, 0.3) is 0 Å². The third-order valence-corrected chi connectivity index (χ3v) is 4.60. The second-order valence-electron chi connectivity index (χ2n) is 5.16. The van der Waals surface area contributed by atoms with Crippen molar-refractivity contribution in [2.24, 2.45) is 0 Å². The van der Waals surface area contributed by atoms with Gasteiger partial charge in [0.1, 0.15) is 0 Å². The van der Waals surface area contributed by atoms with Gasteiger partial charge in [0.05, 0.1) is 0 Å². The van der Waals surface area contributed by atoms with Crippen molar-refractivity contribution >= 4 is 11.8 Å². The van der Waals surface area contributed by atoms with E-state index in [2.05, 4.69) is 48.0 Å². The summed E-state index contributed by atoms with van der Waals surface area (Å²) in [7, 11) is 2.21. The Balaban J connectivity index is 1.60. The molecule has 1 aromatic carbocycles. The van der Waals surface area contributed by atoms with Crippen LogP contribution in [0.3, 0.4) is 0 Å². The minimum Gasteiger partial charge on any atom is -0.304 e. The van der Waals surface area contributed by atoms with E-state index < -0.39 is 0 Å². The molecule has 0 radical (unpaired) electrons. The molecule has 1 aliphatic rings. The number of aryl methyl sites for hydroxylation is 1. The quantitative estimate of drug-likeness (QED) is 0.596. The van der Waals surface area contributed by atoms with E-state index in [9.17, 15) is 0 Å². The molecule has 0 aromatic heterocycles. The monoisotopic (exact) mass is 264 g/mol. The van der Waals surface area contributed by atoms with E-state index >= 15 is 0 Å². The lowest BCUT2D eigenvalue weighted by Gasteiger charge is -2.32. The highest BCUT2D eigenvalue weighted by Gasteiger charge is 2.12. The van der Waals surface area contributed by atoms with Gasteiger partial charge in [0.2, 0.25) is 0 Å². The maximum Gasteiger partial charge on any atom is 0.0110 e. The van der Waals surface area contributed by atoms with Gasteiger partial charge in [0, 0.05) is 31.1 Å². The zero-order chi connectivity index (χ0) is 12.8. The lowest BCUT2D eigenvalue weighted by molar-refractivity contribution is 0.154. The number of benzene rings is 1. The highest BCUT2D eigenvalue weighted by molar-refractivity contribution is 7.99. The van der Waals surface area contributed by atoms with Crippen molar-refractivity contribution in [2.45, 2.75) is 18.2 Å². The Morgan fingerprint density at radius 3 is 2.39 bits per heavy atom. The first-order chi connectivity index (χ1) is 8.74. The molecular formula is C15H24N2S. The molecule has 1 aliphatic heterocycles. The molecule has 2 nitrogen and oxygen atoms in total. The summed E-state index contributed by atoms with van der Waals surface area (Å²) in [6.07, 6.45) is 1.29. The minimum absolute atomic E-state index is 1.23. The van der Waals surface area contributed by atoms with Gasteiger partial charge in [-0.15, -0.1) is 11.8 Å². The maximum atomic E-state index is 2.59. The molecule has 0 unspecified atom stereocenters. The summed E-state index contributed by atoms with van der Waals surface area (Å²) in [5, 5.41) is 0. The molecule has 1 fully saturated rings. The maximum absolute atomic E-state index is 2.59. The van der Waals surface area contributed by atoms with E-state index in [-0.39, 0.29) is 0 Å². The zero-order valence-electron chi connectivity index (χ0n) is 11.6. The van der Waals surface area contributed by atoms with Crippen LogP contribution in [0.15, 0.2) is 29.2 Å². The molecule has 0 bridgehead atoms. The summed E-state index contributed by atoms with van der Waals surface area (Å²) >= 11 is 1.98. The molecule has 100 valence electrons. The Kier molecular flexibility index (Phi) is 5.54. The molecular weight excluding hydrogens is 240 g/mol. The summed E-state index contributed by atoms with van der Waals surface area (Å²) in [5.74, 6) is 1.23. The number of piperazine rings is 1. The standard InChI is InChI=1S/C15H24N2S/c1-14-4-6-15(7-5-14)18-13-3-8-17-11-9-16(2)10-12-17/h4-7H,3,8-13H2,1-2H3. The summed E-state index contributed by atoms with van der Waals surface area (Å²) < 4.78 is 0. The van der Waals surface area contributed by atoms with E-state index in [0.717, 1.165) is 0 Å². The average Bonchev–Trinajstić information content (AvgIpc) is 2.39. The summed E-state index contributed by atoms with van der Waals surface area (Å²) in [6.45, 7) is 8.34. The van der Waals surface area contributed by atoms with Crippen LogP contribution < -0.4 is 0 Å². The number of nitrogens with zero attached hydrogens (tertiary/aromatic N) is 2. The first kappa shape index (κ1) is 13.9. The van der Waals surface area contributed by atoms with Crippen LogP contribution in [0.25, 0.3) is 0 Å². The molecule has 0 amide bonds. The highest BCUT2D eigenvalue weighted by Crippen LogP contribution is 2.19. The number of hydrogen-bond acceptors (Lipinski definition) is 3. The smallest absolute Gasteiger partial charge is 0.0110 e. The third-order valence-electron chi connectivity index (χ3n) is 3.50. The van der Waals surface area contributed by atoms with Gasteiger partial charge in [-0.2, -0.15) is 0 Å². The highest BCUT2D eigenvalue weighted by atomic mass is 32.2. The molecule has 0 spiro atoms. The van der Waals surface area contributed by atoms with Crippen LogP contribution in [0.2, 0.25) is 0 Å². The van der Waals surface area contributed by atoms with Gasteiger partial charge >= 0.3 is 0 Å². The molecule has 1 aromatic rings. The van der Waals surface area contributed by atoms with E-state index in [1.165, 1.54) is 55.4 Å². The Labute approximate surface area is 115 Å². The van der Waals surface area contributed by atoms with Gasteiger partial charge in [-0.1, -0.05) is 17.7 Å². The largest absolute Gasteiger partial charge is 0.304 e. The molecule has 1 heterocycles. The zero-order valence-corrected chi connectivity index (χ0v) is 12.4. The van der Waals surface area contributed by atoms with E-state index in [1.54, 1.807) is 0 Å². The third kappa shape index (κ3) is 4.63. The van der Waals surface area contributed by atoms with Crippen LogP contribution in [0.4, 0.5) is 0 Å². The van der Waals surface area contributed by atoms with Crippen LogP contribution >= 0.6 is 11.8 Å². The van der Waals surface area contributed by atoms with Gasteiger partial charge < -0.3 is 9.80 Å².